The molecular weight excluding hydrogens is 491 g/mol. The van der Waals surface area contributed by atoms with Gasteiger partial charge in [0.1, 0.15) is 25.2 Å². The number of likely N-dealkylation sites (tertiary alicyclic amines) is 1. The van der Waals surface area contributed by atoms with Crippen molar-refractivity contribution in [3.8, 4) is 0 Å². The lowest BCUT2D eigenvalue weighted by Gasteiger charge is -2.26. The molecule has 0 aliphatic carbocycles. The number of ether oxygens (including phenoxy) is 1. The Bertz CT molecular complexity index is 1090. The van der Waals surface area contributed by atoms with Crippen molar-refractivity contribution in [2.24, 2.45) is 0 Å². The van der Waals surface area contributed by atoms with Crippen LogP contribution in [0.25, 0.3) is 0 Å². The molecule has 0 bridgehead atoms. The van der Waals surface area contributed by atoms with Crippen LogP contribution in [-0.2, 0) is 32.1 Å². The van der Waals surface area contributed by atoms with Crippen molar-refractivity contribution in [2.45, 2.75) is 50.8 Å². The molecule has 1 saturated heterocycles. The van der Waals surface area contributed by atoms with Gasteiger partial charge in [-0.2, -0.15) is 0 Å². The summed E-state index contributed by atoms with van der Waals surface area (Å²) >= 11 is 0. The maximum Gasteiger partial charge on any atom is 0.475 e. The molecule has 1 heterocycles. The minimum atomic E-state index is -1.79. The summed E-state index contributed by atoms with van der Waals surface area (Å²) in [4.78, 5) is 51.6. The number of carbonyl (C=O) groups is 4. The second-order valence-corrected chi connectivity index (χ2v) is 9.11. The number of rotatable bonds is 11. The summed E-state index contributed by atoms with van der Waals surface area (Å²) in [5, 5.41) is 27.0. The number of nitrogens with zero attached hydrogens (tertiary/aromatic N) is 1. The first-order valence-corrected chi connectivity index (χ1v) is 12.5. The lowest BCUT2D eigenvalue weighted by Crippen LogP contribution is -2.56. The molecule has 3 rings (SSSR count). The van der Waals surface area contributed by atoms with Crippen LogP contribution >= 0.6 is 0 Å². The highest BCUT2D eigenvalue weighted by Crippen LogP contribution is 2.17. The second-order valence-electron chi connectivity index (χ2n) is 9.11. The van der Waals surface area contributed by atoms with Crippen LogP contribution in [0, 0.1) is 0 Å². The number of nitrogens with one attached hydrogen (secondary N) is 3. The molecule has 1 fully saturated rings. The Labute approximate surface area is 221 Å². The molecule has 11 nitrogen and oxygen atoms in total. The van der Waals surface area contributed by atoms with Gasteiger partial charge < -0.3 is 35.6 Å². The molecule has 38 heavy (non-hydrogen) atoms. The molecule has 0 aromatic heterocycles. The summed E-state index contributed by atoms with van der Waals surface area (Å²) < 4.78 is 5.10. The Balaban J connectivity index is 1.46. The summed E-state index contributed by atoms with van der Waals surface area (Å²) in [7, 11) is -1.79. The summed E-state index contributed by atoms with van der Waals surface area (Å²) in [5.41, 5.74) is 1.61. The third-order valence-corrected chi connectivity index (χ3v) is 6.21. The zero-order valence-corrected chi connectivity index (χ0v) is 21.2. The molecule has 0 radical (unpaired) electrons. The molecule has 3 atom stereocenters. The van der Waals surface area contributed by atoms with Gasteiger partial charge in [-0.3, -0.25) is 14.4 Å². The van der Waals surface area contributed by atoms with Crippen molar-refractivity contribution in [3.63, 3.8) is 0 Å². The Morgan fingerprint density at radius 1 is 1.00 bits per heavy atom. The zero-order valence-electron chi connectivity index (χ0n) is 21.2. The van der Waals surface area contributed by atoms with Crippen LogP contribution in [0.5, 0.6) is 0 Å². The zero-order chi connectivity index (χ0) is 27.5. The van der Waals surface area contributed by atoms with E-state index in [0.717, 1.165) is 11.1 Å². The topological polar surface area (TPSA) is 157 Å². The molecule has 1 aliphatic heterocycles. The van der Waals surface area contributed by atoms with Gasteiger partial charge in [-0.15, -0.1) is 0 Å². The molecule has 2 aromatic carbocycles. The Hall–Kier alpha value is -3.90. The van der Waals surface area contributed by atoms with Gasteiger partial charge in [0.15, 0.2) is 0 Å². The lowest BCUT2D eigenvalue weighted by molar-refractivity contribution is -0.138. The van der Waals surface area contributed by atoms with Crippen LogP contribution in [0.2, 0.25) is 0 Å². The van der Waals surface area contributed by atoms with Gasteiger partial charge in [-0.25, -0.2) is 4.79 Å². The molecule has 0 saturated carbocycles. The van der Waals surface area contributed by atoms with Gasteiger partial charge in [0.25, 0.3) is 0 Å². The minimum Gasteiger partial charge on any atom is -0.445 e. The fourth-order valence-electron chi connectivity index (χ4n) is 4.14. The van der Waals surface area contributed by atoms with Gasteiger partial charge >= 0.3 is 13.2 Å². The molecule has 12 heteroatoms. The van der Waals surface area contributed by atoms with E-state index in [2.05, 4.69) is 16.0 Å². The third kappa shape index (κ3) is 8.60. The van der Waals surface area contributed by atoms with Crippen LogP contribution in [0.3, 0.4) is 0 Å². The van der Waals surface area contributed by atoms with Crippen LogP contribution in [0.1, 0.15) is 30.9 Å². The predicted molar refractivity (Wildman–Crippen MR) is 139 cm³/mol. The van der Waals surface area contributed by atoms with E-state index >= 15 is 0 Å². The Kier molecular flexibility index (Phi) is 10.7. The van der Waals surface area contributed by atoms with Crippen molar-refractivity contribution < 1.29 is 34.0 Å². The van der Waals surface area contributed by atoms with Crippen molar-refractivity contribution >= 4 is 30.9 Å². The summed E-state index contributed by atoms with van der Waals surface area (Å²) in [6, 6.07) is 16.4. The maximum atomic E-state index is 12.9. The number of carbonyl (C=O) groups excluding carboxylic acids is 4. The highest BCUT2D eigenvalue weighted by Gasteiger charge is 2.35. The number of hydrogen-bond donors (Lipinski definition) is 5. The van der Waals surface area contributed by atoms with Gasteiger partial charge in [-0.1, -0.05) is 60.7 Å². The highest BCUT2D eigenvalue weighted by molar-refractivity contribution is 6.43. The van der Waals surface area contributed by atoms with E-state index < -0.39 is 49.0 Å². The number of benzene rings is 2. The molecule has 1 aliphatic rings. The Morgan fingerprint density at radius 2 is 1.63 bits per heavy atom. The molecular formula is C26H33BN4O7. The molecule has 3 unspecified atom stereocenters. The highest BCUT2D eigenvalue weighted by atomic mass is 16.5. The van der Waals surface area contributed by atoms with Crippen molar-refractivity contribution in [1.29, 1.82) is 0 Å². The molecule has 0 spiro atoms. The van der Waals surface area contributed by atoms with E-state index in [1.165, 1.54) is 11.8 Å². The van der Waals surface area contributed by atoms with E-state index in [9.17, 15) is 29.2 Å². The van der Waals surface area contributed by atoms with Crippen LogP contribution in [0.15, 0.2) is 60.7 Å². The predicted octanol–water partition coefficient (Wildman–Crippen LogP) is 0.148. The van der Waals surface area contributed by atoms with Gasteiger partial charge in [0.05, 0.1) is 5.94 Å². The third-order valence-electron chi connectivity index (χ3n) is 6.21. The largest absolute Gasteiger partial charge is 0.475 e. The summed E-state index contributed by atoms with van der Waals surface area (Å²) in [5.74, 6) is -2.51. The SMILES string of the molecule is CC(NC(=O)C1CCCN1C(=O)CNC(=O)OCc1ccccc1)C(=O)NC(Cc1ccccc1)B(O)O. The lowest BCUT2D eigenvalue weighted by atomic mass is 9.76. The number of alkyl carbamates (subject to hydrolysis) is 1. The van der Waals surface area contributed by atoms with E-state index in [4.69, 9.17) is 4.74 Å². The molecule has 4 amide bonds. The van der Waals surface area contributed by atoms with Crippen molar-refractivity contribution in [2.75, 3.05) is 13.1 Å². The quantitative estimate of drug-likeness (QED) is 0.262. The average molecular weight is 524 g/mol. The first-order valence-electron chi connectivity index (χ1n) is 12.5. The smallest absolute Gasteiger partial charge is 0.445 e. The first kappa shape index (κ1) is 28.7. The number of hydrogen-bond acceptors (Lipinski definition) is 7. The molecule has 5 N–H and O–H groups in total. The standard InChI is InChI=1S/C26H33BN4O7/c1-18(24(33)30-22(27(36)37)15-19-9-4-2-5-10-19)29-25(34)21-13-8-14-31(21)23(32)16-28-26(35)38-17-20-11-6-3-7-12-20/h2-7,9-12,18,21-22,36-37H,8,13-17H2,1H3,(H,28,35)(H,29,34)(H,30,33). The fraction of sp³-hybridized carbons (Fsp3) is 0.385. The molecule has 2 aromatic rings. The monoisotopic (exact) mass is 524 g/mol. The summed E-state index contributed by atoms with van der Waals surface area (Å²) in [6.07, 6.45) is 0.454. The van der Waals surface area contributed by atoms with Gasteiger partial charge in [0, 0.05) is 6.54 Å². The average Bonchev–Trinajstić information content (AvgIpc) is 3.41. The van der Waals surface area contributed by atoms with E-state index in [1.807, 2.05) is 36.4 Å². The summed E-state index contributed by atoms with van der Waals surface area (Å²) in [6.45, 7) is 1.55. The first-order chi connectivity index (χ1) is 18.2. The maximum absolute atomic E-state index is 12.9. The molecule has 202 valence electrons. The van der Waals surface area contributed by atoms with Crippen molar-refractivity contribution in [3.05, 3.63) is 71.8 Å². The van der Waals surface area contributed by atoms with Crippen LogP contribution < -0.4 is 16.0 Å². The van der Waals surface area contributed by atoms with Gasteiger partial charge in [0.2, 0.25) is 17.7 Å². The van der Waals surface area contributed by atoms with E-state index in [0.29, 0.717) is 19.4 Å². The Morgan fingerprint density at radius 3 is 2.26 bits per heavy atom. The number of amides is 4. The normalized spacial score (nSPS) is 16.2. The van der Waals surface area contributed by atoms with Crippen LogP contribution in [-0.4, -0.2) is 77.0 Å². The second kappa shape index (κ2) is 14.2. The minimum absolute atomic E-state index is 0.0646. The van der Waals surface area contributed by atoms with E-state index in [1.54, 1.807) is 24.3 Å². The fourth-order valence-corrected chi connectivity index (χ4v) is 4.14. The van der Waals surface area contributed by atoms with Crippen LogP contribution in [0.4, 0.5) is 4.79 Å². The van der Waals surface area contributed by atoms with Gasteiger partial charge in [-0.05, 0) is 37.3 Å². The van der Waals surface area contributed by atoms with E-state index in [-0.39, 0.29) is 19.6 Å². The van der Waals surface area contributed by atoms with Crippen molar-refractivity contribution in [1.82, 2.24) is 20.9 Å².